The number of carbonyl (C=O) groups excluding carboxylic acids is 2. The number of imidazole rings is 1. The Balaban J connectivity index is 2.03. The minimum atomic E-state index is -0.277. The van der Waals surface area contributed by atoms with Crippen molar-refractivity contribution in [3.8, 4) is 0 Å². The molecule has 3 rings (SSSR count). The van der Waals surface area contributed by atoms with E-state index < -0.39 is 0 Å². The van der Waals surface area contributed by atoms with E-state index in [1.54, 1.807) is 6.20 Å². The van der Waals surface area contributed by atoms with Crippen LogP contribution < -0.4 is 5.32 Å². The topological polar surface area (TPSA) is 63.5 Å². The molecule has 0 radical (unpaired) electrons. The fourth-order valence-corrected chi connectivity index (χ4v) is 2.78. The summed E-state index contributed by atoms with van der Waals surface area (Å²) in [6.45, 7) is 0. The minimum Gasteiger partial charge on any atom is -0.296 e. The summed E-state index contributed by atoms with van der Waals surface area (Å²) in [5.74, 6) is -0.702. The van der Waals surface area contributed by atoms with Crippen LogP contribution in [-0.4, -0.2) is 21.2 Å². The van der Waals surface area contributed by atoms with Crippen molar-refractivity contribution in [3.63, 3.8) is 0 Å². The number of amides is 2. The van der Waals surface area contributed by atoms with Gasteiger partial charge in [0.2, 0.25) is 11.8 Å². The van der Waals surface area contributed by atoms with Gasteiger partial charge in [-0.2, -0.15) is 0 Å². The summed E-state index contributed by atoms with van der Waals surface area (Å²) in [6.07, 6.45) is 4.48. The van der Waals surface area contributed by atoms with Crippen LogP contribution in [0.2, 0.25) is 0 Å². The molecule has 2 amide bonds. The lowest BCUT2D eigenvalue weighted by atomic mass is 9.91. The second kappa shape index (κ2) is 4.20. The van der Waals surface area contributed by atoms with E-state index in [1.807, 2.05) is 22.7 Å². The molecule has 1 aliphatic rings. The Morgan fingerprint density at radius 2 is 2.22 bits per heavy atom. The smallest absolute Gasteiger partial charge is 0.234 e. The fourth-order valence-electron chi connectivity index (χ4n) is 2.21. The van der Waals surface area contributed by atoms with Gasteiger partial charge in [-0.25, -0.2) is 4.98 Å². The largest absolute Gasteiger partial charge is 0.296 e. The number of fused-ring (bicyclic) bond motifs is 1. The predicted molar refractivity (Wildman–Crippen MR) is 68.0 cm³/mol. The van der Waals surface area contributed by atoms with E-state index in [0.29, 0.717) is 12.8 Å². The lowest BCUT2D eigenvalue weighted by molar-refractivity contribution is -0.134. The molecule has 0 aromatic carbocycles. The maximum Gasteiger partial charge on any atom is 0.234 e. The molecular weight excluding hydrogens is 298 g/mol. The molecule has 0 bridgehead atoms. The summed E-state index contributed by atoms with van der Waals surface area (Å²) in [5, 5.41) is 2.37. The SMILES string of the molecule is O=C1CCC(c2cc(Br)n3ccnc3c2)C(=O)N1. The molecule has 1 unspecified atom stereocenters. The number of aromatic nitrogens is 2. The highest BCUT2D eigenvalue weighted by atomic mass is 79.9. The number of nitrogens with one attached hydrogen (secondary N) is 1. The van der Waals surface area contributed by atoms with Gasteiger partial charge in [0.05, 0.1) is 10.5 Å². The molecule has 1 saturated heterocycles. The van der Waals surface area contributed by atoms with Gasteiger partial charge < -0.3 is 0 Å². The number of hydrogen-bond acceptors (Lipinski definition) is 3. The van der Waals surface area contributed by atoms with Gasteiger partial charge in [-0.05, 0) is 40.0 Å². The van der Waals surface area contributed by atoms with Crippen LogP contribution in [0, 0.1) is 0 Å². The first-order chi connectivity index (χ1) is 8.65. The van der Waals surface area contributed by atoms with E-state index in [0.717, 1.165) is 15.8 Å². The predicted octanol–water partition coefficient (Wildman–Crippen LogP) is 1.62. The highest BCUT2D eigenvalue weighted by molar-refractivity contribution is 9.10. The first-order valence-corrected chi connectivity index (χ1v) is 6.40. The number of carbonyl (C=O) groups is 2. The summed E-state index contributed by atoms with van der Waals surface area (Å²) >= 11 is 3.45. The van der Waals surface area contributed by atoms with Crippen molar-refractivity contribution in [3.05, 3.63) is 34.7 Å². The Labute approximate surface area is 111 Å². The number of imide groups is 1. The van der Waals surface area contributed by atoms with Crippen LogP contribution >= 0.6 is 15.9 Å². The molecule has 1 atom stereocenters. The first-order valence-electron chi connectivity index (χ1n) is 5.61. The third kappa shape index (κ3) is 1.82. The number of halogens is 1. The lowest BCUT2D eigenvalue weighted by Crippen LogP contribution is -2.39. The summed E-state index contributed by atoms with van der Waals surface area (Å²) in [4.78, 5) is 27.2. The van der Waals surface area contributed by atoms with Crippen molar-refractivity contribution >= 4 is 33.4 Å². The first kappa shape index (κ1) is 11.4. The summed E-state index contributed by atoms with van der Waals surface area (Å²) in [6, 6.07) is 3.78. The zero-order valence-corrected chi connectivity index (χ0v) is 11.0. The monoisotopic (exact) mass is 307 g/mol. The Bertz CT molecular complexity index is 650. The summed E-state index contributed by atoms with van der Waals surface area (Å²) in [5.41, 5.74) is 1.66. The molecule has 92 valence electrons. The molecule has 2 aromatic rings. The van der Waals surface area contributed by atoms with E-state index in [9.17, 15) is 9.59 Å². The molecule has 0 spiro atoms. The Kier molecular flexibility index (Phi) is 2.66. The van der Waals surface area contributed by atoms with Crippen LogP contribution in [0.25, 0.3) is 5.65 Å². The highest BCUT2D eigenvalue weighted by Crippen LogP contribution is 2.28. The van der Waals surface area contributed by atoms with Crippen LogP contribution in [0.4, 0.5) is 0 Å². The van der Waals surface area contributed by atoms with Crippen molar-refractivity contribution < 1.29 is 9.59 Å². The average Bonchev–Trinajstić information content (AvgIpc) is 2.77. The van der Waals surface area contributed by atoms with Crippen LogP contribution in [0.15, 0.2) is 29.1 Å². The maximum atomic E-state index is 11.8. The van der Waals surface area contributed by atoms with E-state index >= 15 is 0 Å². The molecule has 6 heteroatoms. The van der Waals surface area contributed by atoms with Gasteiger partial charge in [-0.1, -0.05) is 0 Å². The normalized spacial score (nSPS) is 20.2. The van der Waals surface area contributed by atoms with Gasteiger partial charge in [0.1, 0.15) is 5.65 Å². The van der Waals surface area contributed by atoms with E-state index in [-0.39, 0.29) is 17.7 Å². The van der Waals surface area contributed by atoms with E-state index in [1.165, 1.54) is 0 Å². The van der Waals surface area contributed by atoms with Gasteiger partial charge in [-0.15, -0.1) is 0 Å². The van der Waals surface area contributed by atoms with Crippen molar-refractivity contribution in [1.82, 2.24) is 14.7 Å². The molecule has 0 aliphatic carbocycles. The number of pyridine rings is 1. The van der Waals surface area contributed by atoms with Crippen molar-refractivity contribution in [1.29, 1.82) is 0 Å². The molecule has 2 aromatic heterocycles. The number of piperidine rings is 1. The van der Waals surface area contributed by atoms with Crippen LogP contribution in [-0.2, 0) is 9.59 Å². The lowest BCUT2D eigenvalue weighted by Gasteiger charge is -2.21. The van der Waals surface area contributed by atoms with Crippen LogP contribution in [0.5, 0.6) is 0 Å². The van der Waals surface area contributed by atoms with Crippen LogP contribution in [0.3, 0.4) is 0 Å². The second-order valence-corrected chi connectivity index (χ2v) is 5.08. The summed E-state index contributed by atoms with van der Waals surface area (Å²) < 4.78 is 2.73. The van der Waals surface area contributed by atoms with Gasteiger partial charge in [0.25, 0.3) is 0 Å². The molecule has 1 aliphatic heterocycles. The maximum absolute atomic E-state index is 11.8. The van der Waals surface area contributed by atoms with Crippen LogP contribution in [0.1, 0.15) is 24.3 Å². The zero-order valence-electron chi connectivity index (χ0n) is 9.39. The minimum absolute atomic E-state index is 0.197. The Morgan fingerprint density at radius 3 is 3.00 bits per heavy atom. The zero-order chi connectivity index (χ0) is 12.7. The van der Waals surface area contributed by atoms with Crippen molar-refractivity contribution in [2.24, 2.45) is 0 Å². The standard InChI is InChI=1S/C12H10BrN3O2/c13-9-5-7(6-10-14-3-4-16(9)10)8-1-2-11(17)15-12(8)18/h3-6,8H,1-2H2,(H,15,17,18). The molecule has 18 heavy (non-hydrogen) atoms. The Hall–Kier alpha value is -1.69. The molecule has 0 saturated carbocycles. The third-order valence-electron chi connectivity index (χ3n) is 3.12. The van der Waals surface area contributed by atoms with Gasteiger partial charge >= 0.3 is 0 Å². The average molecular weight is 308 g/mol. The highest BCUT2D eigenvalue weighted by Gasteiger charge is 2.28. The van der Waals surface area contributed by atoms with Gasteiger partial charge in [0.15, 0.2) is 0 Å². The Morgan fingerprint density at radius 1 is 1.39 bits per heavy atom. The number of nitrogens with zero attached hydrogens (tertiary/aromatic N) is 2. The number of hydrogen-bond donors (Lipinski definition) is 1. The van der Waals surface area contributed by atoms with E-state index in [2.05, 4.69) is 26.2 Å². The van der Waals surface area contributed by atoms with Crippen molar-refractivity contribution in [2.75, 3.05) is 0 Å². The second-order valence-electron chi connectivity index (χ2n) is 4.27. The molecule has 3 heterocycles. The molecular formula is C12H10BrN3O2. The van der Waals surface area contributed by atoms with Crippen molar-refractivity contribution in [2.45, 2.75) is 18.8 Å². The number of rotatable bonds is 1. The fraction of sp³-hybridized carbons (Fsp3) is 0.250. The molecule has 1 fully saturated rings. The van der Waals surface area contributed by atoms with E-state index in [4.69, 9.17) is 0 Å². The molecule has 1 N–H and O–H groups in total. The summed E-state index contributed by atoms with van der Waals surface area (Å²) in [7, 11) is 0. The van der Waals surface area contributed by atoms with Gasteiger partial charge in [0, 0.05) is 18.8 Å². The van der Waals surface area contributed by atoms with Gasteiger partial charge in [-0.3, -0.25) is 19.3 Å². The third-order valence-corrected chi connectivity index (χ3v) is 3.73. The quantitative estimate of drug-likeness (QED) is 0.643. The molecule has 5 nitrogen and oxygen atoms in total.